The molecule has 0 aliphatic heterocycles. The SMILES string of the molecule is CS(=O)(=O)OCCOCCOCCOCCOC(c1ccccc1)(c1ccccc1)c1ccccc1.OCCOCCOCCOCCOC(c1ccccc1)(c1ccccc1)c1ccccc1. The van der Waals surface area contributed by atoms with E-state index in [1.165, 1.54) is 0 Å². The Kier molecular flexibility index (Phi) is 24.6. The highest BCUT2D eigenvalue weighted by atomic mass is 32.2. The molecular weight excluding hydrogens is 885 g/mol. The van der Waals surface area contributed by atoms with Crippen LogP contribution < -0.4 is 0 Å². The number of aliphatic hydroxyl groups excluding tert-OH is 1. The zero-order valence-electron chi connectivity index (χ0n) is 39.0. The van der Waals surface area contributed by atoms with Crippen molar-refractivity contribution in [3.05, 3.63) is 215 Å². The number of rotatable bonds is 32. The van der Waals surface area contributed by atoms with Gasteiger partial charge < -0.3 is 43.0 Å². The van der Waals surface area contributed by atoms with Crippen LogP contribution in [0, 0.1) is 0 Å². The van der Waals surface area contributed by atoms with Gasteiger partial charge in [-0.3, -0.25) is 4.18 Å². The summed E-state index contributed by atoms with van der Waals surface area (Å²) in [5.41, 5.74) is 4.87. The van der Waals surface area contributed by atoms with Gasteiger partial charge in [0.05, 0.1) is 112 Å². The average molecular weight is 951 g/mol. The van der Waals surface area contributed by atoms with Crippen molar-refractivity contribution in [2.24, 2.45) is 0 Å². The molecule has 13 heteroatoms. The third-order valence-electron chi connectivity index (χ3n) is 10.4. The summed E-state index contributed by atoms with van der Waals surface area (Å²) in [6, 6.07) is 61.6. The lowest BCUT2D eigenvalue weighted by Crippen LogP contribution is -2.34. The van der Waals surface area contributed by atoms with Crippen LogP contribution in [-0.2, 0) is 63.4 Å². The van der Waals surface area contributed by atoms with E-state index in [4.69, 9.17) is 43.0 Å². The molecule has 0 spiro atoms. The summed E-state index contributed by atoms with van der Waals surface area (Å²) in [7, 11) is -3.43. The Bertz CT molecular complexity index is 2080. The quantitative estimate of drug-likeness (QED) is 0.0249. The molecule has 6 aromatic rings. The lowest BCUT2D eigenvalue weighted by atomic mass is 9.80. The minimum absolute atomic E-state index is 0.00161. The molecule has 12 nitrogen and oxygen atoms in total. The van der Waals surface area contributed by atoms with E-state index in [0.29, 0.717) is 85.9 Å². The number of benzene rings is 6. The van der Waals surface area contributed by atoms with Gasteiger partial charge in [-0.25, -0.2) is 0 Å². The molecule has 0 heterocycles. The molecule has 0 aliphatic carbocycles. The van der Waals surface area contributed by atoms with Gasteiger partial charge in [0.25, 0.3) is 10.1 Å². The Morgan fingerprint density at radius 2 is 0.529 bits per heavy atom. The first-order valence-corrected chi connectivity index (χ1v) is 24.7. The maximum absolute atomic E-state index is 10.9. The van der Waals surface area contributed by atoms with Crippen LogP contribution in [0.15, 0.2) is 182 Å². The van der Waals surface area contributed by atoms with E-state index in [1.54, 1.807) is 0 Å². The number of hydrogen-bond donors (Lipinski definition) is 1. The van der Waals surface area contributed by atoms with Crippen molar-refractivity contribution in [1.29, 1.82) is 0 Å². The highest BCUT2D eigenvalue weighted by Gasteiger charge is 2.38. The molecule has 0 amide bonds. The number of aliphatic hydroxyl groups is 1. The van der Waals surface area contributed by atoms with Gasteiger partial charge in [-0.05, 0) is 33.4 Å². The van der Waals surface area contributed by atoms with Crippen LogP contribution in [0.3, 0.4) is 0 Å². The van der Waals surface area contributed by atoms with Crippen LogP contribution in [0.2, 0.25) is 0 Å². The number of ether oxygens (including phenoxy) is 8. The largest absolute Gasteiger partial charge is 0.394 e. The normalized spacial score (nSPS) is 11.8. The standard InChI is InChI=1S/C28H34O7S.C27H32O5/c1-36(29,30)35-24-22-33-20-18-31-17-19-32-21-23-34-28(25-11-5-2-6-12-25,26-13-7-3-8-14-26)27-15-9-4-10-16-27;28-16-17-29-18-19-30-20-21-31-22-23-32-27(24-10-4-1-5-11-24,25-12-6-2-7-13-25)26-14-8-3-9-15-26/h2-16H,17-24H2,1H3;1-15,28H,16-23H2. The molecule has 0 aromatic heterocycles. The maximum atomic E-state index is 10.9. The van der Waals surface area contributed by atoms with E-state index in [-0.39, 0.29) is 19.8 Å². The second-order valence-corrected chi connectivity index (χ2v) is 16.8. The van der Waals surface area contributed by atoms with Gasteiger partial charge >= 0.3 is 0 Å². The zero-order valence-corrected chi connectivity index (χ0v) is 39.8. The van der Waals surface area contributed by atoms with Gasteiger partial charge in [0.2, 0.25) is 0 Å². The molecule has 0 fully saturated rings. The Hall–Kier alpha value is -5.13. The van der Waals surface area contributed by atoms with Crippen molar-refractivity contribution in [3.63, 3.8) is 0 Å². The Balaban J connectivity index is 0.000000256. The lowest BCUT2D eigenvalue weighted by Gasteiger charge is -2.36. The summed E-state index contributed by atoms with van der Waals surface area (Å²) < 4.78 is 72.5. The van der Waals surface area contributed by atoms with Crippen molar-refractivity contribution in [2.75, 3.05) is 112 Å². The van der Waals surface area contributed by atoms with Gasteiger partial charge in [0.15, 0.2) is 0 Å². The molecule has 364 valence electrons. The Morgan fingerprint density at radius 1 is 0.324 bits per heavy atom. The maximum Gasteiger partial charge on any atom is 0.264 e. The van der Waals surface area contributed by atoms with E-state index in [0.717, 1.165) is 39.6 Å². The molecule has 0 unspecified atom stereocenters. The molecular formula is C55H66O12S. The molecule has 0 saturated carbocycles. The highest BCUT2D eigenvalue weighted by Crippen LogP contribution is 2.41. The Morgan fingerprint density at radius 3 is 0.750 bits per heavy atom. The zero-order chi connectivity index (χ0) is 47.9. The minimum atomic E-state index is -3.43. The molecule has 0 atom stereocenters. The topological polar surface area (TPSA) is 137 Å². The van der Waals surface area contributed by atoms with E-state index in [2.05, 4.69) is 77.0 Å². The fourth-order valence-electron chi connectivity index (χ4n) is 7.44. The van der Waals surface area contributed by atoms with Crippen LogP contribution in [0.5, 0.6) is 0 Å². The van der Waals surface area contributed by atoms with E-state index < -0.39 is 21.3 Å². The highest BCUT2D eigenvalue weighted by molar-refractivity contribution is 7.85. The molecule has 68 heavy (non-hydrogen) atoms. The molecule has 6 aromatic carbocycles. The van der Waals surface area contributed by atoms with Crippen LogP contribution in [0.4, 0.5) is 0 Å². The first-order valence-electron chi connectivity index (χ1n) is 22.9. The molecule has 0 aliphatic rings. The summed E-state index contributed by atoms with van der Waals surface area (Å²) in [6.45, 7) is 5.76. The second kappa shape index (κ2) is 31.1. The van der Waals surface area contributed by atoms with Crippen LogP contribution in [-0.4, -0.2) is 125 Å². The number of hydrogen-bond acceptors (Lipinski definition) is 12. The van der Waals surface area contributed by atoms with Gasteiger partial charge in [0.1, 0.15) is 11.2 Å². The summed E-state index contributed by atoms with van der Waals surface area (Å²) in [5.74, 6) is 0. The molecule has 0 radical (unpaired) electrons. The Labute approximate surface area is 402 Å². The lowest BCUT2D eigenvalue weighted by molar-refractivity contribution is -0.0375. The molecule has 0 bridgehead atoms. The van der Waals surface area contributed by atoms with Gasteiger partial charge in [-0.1, -0.05) is 182 Å². The van der Waals surface area contributed by atoms with Crippen LogP contribution in [0.1, 0.15) is 33.4 Å². The fourth-order valence-corrected chi connectivity index (χ4v) is 7.81. The third-order valence-corrected chi connectivity index (χ3v) is 11.0. The van der Waals surface area contributed by atoms with Crippen molar-refractivity contribution >= 4 is 10.1 Å². The van der Waals surface area contributed by atoms with Crippen molar-refractivity contribution in [2.45, 2.75) is 11.2 Å². The monoisotopic (exact) mass is 950 g/mol. The van der Waals surface area contributed by atoms with E-state index >= 15 is 0 Å². The molecule has 1 N–H and O–H groups in total. The van der Waals surface area contributed by atoms with Crippen molar-refractivity contribution < 1.29 is 55.6 Å². The summed E-state index contributed by atoms with van der Waals surface area (Å²) in [5, 5.41) is 8.67. The van der Waals surface area contributed by atoms with Crippen LogP contribution >= 0.6 is 0 Å². The van der Waals surface area contributed by atoms with Crippen LogP contribution in [0.25, 0.3) is 0 Å². The van der Waals surface area contributed by atoms with Gasteiger partial charge in [0, 0.05) is 0 Å². The first-order chi connectivity index (χ1) is 33.4. The summed E-state index contributed by atoms with van der Waals surface area (Å²) >= 11 is 0. The van der Waals surface area contributed by atoms with Crippen molar-refractivity contribution in [3.8, 4) is 0 Å². The first kappa shape index (κ1) is 53.8. The fraction of sp³-hybridized carbons (Fsp3) is 0.345. The summed E-state index contributed by atoms with van der Waals surface area (Å²) in [4.78, 5) is 0. The average Bonchev–Trinajstić information content (AvgIpc) is 3.38. The van der Waals surface area contributed by atoms with Gasteiger partial charge in [-0.2, -0.15) is 8.42 Å². The second-order valence-electron chi connectivity index (χ2n) is 15.2. The smallest absolute Gasteiger partial charge is 0.264 e. The third kappa shape index (κ3) is 17.7. The molecule has 6 rings (SSSR count). The van der Waals surface area contributed by atoms with Gasteiger partial charge in [-0.15, -0.1) is 0 Å². The van der Waals surface area contributed by atoms with E-state index in [1.807, 2.05) is 109 Å². The molecule has 0 saturated heterocycles. The summed E-state index contributed by atoms with van der Waals surface area (Å²) in [6.07, 6.45) is 1.01. The minimum Gasteiger partial charge on any atom is -0.394 e. The predicted octanol–water partition coefficient (Wildman–Crippen LogP) is 8.06. The van der Waals surface area contributed by atoms with E-state index in [9.17, 15) is 8.42 Å². The van der Waals surface area contributed by atoms with Crippen molar-refractivity contribution in [1.82, 2.24) is 0 Å². The predicted molar refractivity (Wildman–Crippen MR) is 263 cm³/mol.